The van der Waals surface area contributed by atoms with Crippen molar-refractivity contribution in [3.05, 3.63) is 18.6 Å². The van der Waals surface area contributed by atoms with Crippen molar-refractivity contribution < 1.29 is 4.74 Å². The lowest BCUT2D eigenvalue weighted by atomic mass is 10.4. The van der Waals surface area contributed by atoms with E-state index in [4.69, 9.17) is 4.74 Å². The smallest absolute Gasteiger partial charge is 0.225 e. The standard InChI is InChI=1S/C7H6IN3OS.C2H6/c1-12-7-5-2-3-11(13-8)6(5)9-4-10-7;1-2/h2-4H,1H3;1-2H3. The van der Waals surface area contributed by atoms with Gasteiger partial charge in [0.05, 0.1) is 12.5 Å². The van der Waals surface area contributed by atoms with Crippen LogP contribution in [-0.2, 0) is 0 Å². The molecule has 0 amide bonds. The van der Waals surface area contributed by atoms with Gasteiger partial charge in [0.15, 0.2) is 5.65 Å². The zero-order chi connectivity index (χ0) is 11.3. The molecular weight excluding hydrogens is 325 g/mol. The van der Waals surface area contributed by atoms with Gasteiger partial charge in [0.2, 0.25) is 5.88 Å². The third-order valence-electron chi connectivity index (χ3n) is 1.68. The molecule has 0 radical (unpaired) electrons. The van der Waals surface area contributed by atoms with E-state index in [1.54, 1.807) is 16.2 Å². The topological polar surface area (TPSA) is 39.9 Å². The maximum Gasteiger partial charge on any atom is 0.225 e. The van der Waals surface area contributed by atoms with Gasteiger partial charge in [-0.2, -0.15) is 0 Å². The zero-order valence-electron chi connectivity index (χ0n) is 8.77. The van der Waals surface area contributed by atoms with E-state index in [9.17, 15) is 0 Å². The van der Waals surface area contributed by atoms with E-state index in [-0.39, 0.29) is 0 Å². The third-order valence-corrected chi connectivity index (χ3v) is 3.40. The van der Waals surface area contributed by atoms with Crippen molar-refractivity contribution in [2.24, 2.45) is 0 Å². The van der Waals surface area contributed by atoms with Crippen LogP contribution in [0.5, 0.6) is 5.88 Å². The molecule has 2 heterocycles. The van der Waals surface area contributed by atoms with E-state index < -0.39 is 0 Å². The summed E-state index contributed by atoms with van der Waals surface area (Å²) >= 11 is 2.20. The van der Waals surface area contributed by atoms with Crippen molar-refractivity contribution in [3.8, 4) is 5.88 Å². The van der Waals surface area contributed by atoms with E-state index in [1.165, 1.54) is 6.33 Å². The second-order valence-corrected chi connectivity index (χ2v) is 4.04. The summed E-state index contributed by atoms with van der Waals surface area (Å²) in [6.07, 6.45) is 3.45. The van der Waals surface area contributed by atoms with Crippen molar-refractivity contribution in [2.45, 2.75) is 13.8 Å². The molecule has 0 N–H and O–H groups in total. The minimum atomic E-state index is 0.620. The summed E-state index contributed by atoms with van der Waals surface area (Å²) in [5.41, 5.74) is 0.881. The summed E-state index contributed by atoms with van der Waals surface area (Å²) < 4.78 is 7.07. The number of hydrogen-bond acceptors (Lipinski definition) is 4. The molecule has 0 unspecified atom stereocenters. The summed E-state index contributed by atoms with van der Waals surface area (Å²) in [5, 5.41) is 0.939. The van der Waals surface area contributed by atoms with E-state index in [2.05, 4.69) is 31.2 Å². The molecule has 0 aliphatic heterocycles. The number of halogens is 1. The second kappa shape index (κ2) is 6.16. The van der Waals surface area contributed by atoms with E-state index in [0.717, 1.165) is 11.0 Å². The van der Waals surface area contributed by atoms with Crippen molar-refractivity contribution in [1.29, 1.82) is 0 Å². The minimum Gasteiger partial charge on any atom is -0.480 e. The molecular formula is C9H12IN3OS. The highest BCUT2D eigenvalue weighted by Gasteiger charge is 2.07. The Balaban J connectivity index is 0.000000531. The first-order chi connectivity index (χ1) is 7.36. The van der Waals surface area contributed by atoms with Crippen LogP contribution >= 0.6 is 30.3 Å². The van der Waals surface area contributed by atoms with Crippen LogP contribution in [0.2, 0.25) is 0 Å². The zero-order valence-corrected chi connectivity index (χ0v) is 11.7. The van der Waals surface area contributed by atoms with Gasteiger partial charge < -0.3 is 4.74 Å². The van der Waals surface area contributed by atoms with E-state index in [0.29, 0.717) is 5.88 Å². The molecule has 2 rings (SSSR count). The van der Waals surface area contributed by atoms with E-state index in [1.807, 2.05) is 30.1 Å². The average Bonchev–Trinajstić information content (AvgIpc) is 2.74. The Labute approximate surface area is 105 Å². The first-order valence-electron chi connectivity index (χ1n) is 4.52. The molecule has 0 atom stereocenters. The van der Waals surface area contributed by atoms with Crippen molar-refractivity contribution in [3.63, 3.8) is 0 Å². The first-order valence-corrected chi connectivity index (χ1v) is 7.83. The van der Waals surface area contributed by atoms with E-state index >= 15 is 0 Å². The largest absolute Gasteiger partial charge is 0.480 e. The van der Waals surface area contributed by atoms with Gasteiger partial charge in [0, 0.05) is 36.5 Å². The summed E-state index contributed by atoms with van der Waals surface area (Å²) in [5.74, 6) is 0.620. The highest BCUT2D eigenvalue weighted by atomic mass is 127. The molecule has 0 aromatic carbocycles. The molecule has 6 heteroatoms. The minimum absolute atomic E-state index is 0.620. The average molecular weight is 337 g/mol. The lowest BCUT2D eigenvalue weighted by Gasteiger charge is -1.99. The lowest BCUT2D eigenvalue weighted by molar-refractivity contribution is 0.402. The number of aromatic nitrogens is 3. The Morgan fingerprint density at radius 1 is 1.40 bits per heavy atom. The van der Waals surface area contributed by atoms with Crippen LogP contribution in [0.15, 0.2) is 18.6 Å². The highest BCUT2D eigenvalue weighted by Crippen LogP contribution is 2.27. The van der Waals surface area contributed by atoms with Crippen LogP contribution in [0.25, 0.3) is 11.0 Å². The number of fused-ring (bicyclic) bond motifs is 1. The monoisotopic (exact) mass is 337 g/mol. The maximum absolute atomic E-state index is 5.11. The van der Waals surface area contributed by atoms with Crippen molar-refractivity contribution in [1.82, 2.24) is 13.9 Å². The molecule has 15 heavy (non-hydrogen) atoms. The molecule has 82 valence electrons. The molecule has 0 saturated carbocycles. The Hall–Kier alpha value is -0.500. The predicted molar refractivity (Wildman–Crippen MR) is 72.4 cm³/mol. The maximum atomic E-state index is 5.11. The van der Waals surface area contributed by atoms with Crippen LogP contribution in [0.4, 0.5) is 0 Å². The van der Waals surface area contributed by atoms with Crippen LogP contribution in [0, 0.1) is 0 Å². The van der Waals surface area contributed by atoms with Crippen molar-refractivity contribution >= 4 is 41.4 Å². The Morgan fingerprint density at radius 3 is 2.73 bits per heavy atom. The molecule has 0 aliphatic carbocycles. The lowest BCUT2D eigenvalue weighted by Crippen LogP contribution is -1.90. The Kier molecular flexibility index (Phi) is 5.16. The number of nitrogens with zero attached hydrogens (tertiary/aromatic N) is 3. The van der Waals surface area contributed by atoms with Crippen LogP contribution in [0.1, 0.15) is 13.8 Å². The number of methoxy groups -OCH3 is 1. The Bertz CT molecular complexity index is 432. The molecule has 4 nitrogen and oxygen atoms in total. The molecule has 2 aromatic heterocycles. The quantitative estimate of drug-likeness (QED) is 0.789. The van der Waals surface area contributed by atoms with Gasteiger partial charge in [-0.25, -0.2) is 9.97 Å². The highest BCUT2D eigenvalue weighted by molar-refractivity contribution is 14.2. The fourth-order valence-electron chi connectivity index (χ4n) is 1.12. The number of rotatable bonds is 2. The summed E-state index contributed by atoms with van der Waals surface area (Å²) in [6, 6.07) is 1.94. The van der Waals surface area contributed by atoms with Crippen LogP contribution in [-0.4, -0.2) is 21.1 Å². The van der Waals surface area contributed by atoms with Crippen molar-refractivity contribution in [2.75, 3.05) is 7.11 Å². The summed E-state index contributed by atoms with van der Waals surface area (Å²) in [7, 11) is 3.17. The number of hydrogen-bond donors (Lipinski definition) is 0. The SMILES string of the molecule is CC.COc1ncnc2c1ccn2SI. The molecule has 2 aromatic rings. The van der Waals surface area contributed by atoms with Gasteiger partial charge in [-0.05, 0) is 6.07 Å². The van der Waals surface area contributed by atoms with Gasteiger partial charge in [-0.15, -0.1) is 0 Å². The normalized spacial score (nSPS) is 9.60. The van der Waals surface area contributed by atoms with Crippen LogP contribution in [0.3, 0.4) is 0 Å². The summed E-state index contributed by atoms with van der Waals surface area (Å²) in [6.45, 7) is 4.00. The first kappa shape index (κ1) is 12.6. The second-order valence-electron chi connectivity index (χ2n) is 2.33. The van der Waals surface area contributed by atoms with Crippen LogP contribution < -0.4 is 4.74 Å². The van der Waals surface area contributed by atoms with Gasteiger partial charge in [-0.1, -0.05) is 13.8 Å². The fourth-order valence-corrected chi connectivity index (χ4v) is 2.39. The van der Waals surface area contributed by atoms with Gasteiger partial charge >= 0.3 is 0 Å². The number of ether oxygens (including phenoxy) is 1. The Morgan fingerprint density at radius 2 is 2.13 bits per heavy atom. The van der Waals surface area contributed by atoms with Gasteiger partial charge in [0.1, 0.15) is 6.33 Å². The third kappa shape index (κ3) is 2.54. The van der Waals surface area contributed by atoms with Gasteiger partial charge in [0.25, 0.3) is 0 Å². The summed E-state index contributed by atoms with van der Waals surface area (Å²) in [4.78, 5) is 8.18. The molecule has 0 bridgehead atoms. The molecule has 0 saturated heterocycles. The molecule has 0 fully saturated rings. The molecule has 0 aliphatic rings. The molecule has 0 spiro atoms. The van der Waals surface area contributed by atoms with Gasteiger partial charge in [-0.3, -0.25) is 3.97 Å². The fraction of sp³-hybridized carbons (Fsp3) is 0.333. The predicted octanol–water partition coefficient (Wildman–Crippen LogP) is 3.31.